The lowest BCUT2D eigenvalue weighted by molar-refractivity contribution is -0.126. The fourth-order valence-corrected chi connectivity index (χ4v) is 6.42. The number of hydrogen-bond acceptors (Lipinski definition) is 7. The van der Waals surface area contributed by atoms with Crippen molar-refractivity contribution in [3.8, 4) is 11.5 Å². The second-order valence-corrected chi connectivity index (χ2v) is 11.7. The van der Waals surface area contributed by atoms with Crippen LogP contribution in [0, 0.1) is 19.8 Å². The smallest absolute Gasteiger partial charge is 0.265 e. The van der Waals surface area contributed by atoms with Crippen LogP contribution in [0.1, 0.15) is 43.8 Å². The first kappa shape index (κ1) is 29.3. The molecule has 0 radical (unpaired) electrons. The summed E-state index contributed by atoms with van der Waals surface area (Å²) in [5, 5.41) is 3.92. The highest BCUT2D eigenvalue weighted by atomic mass is 32.1. The summed E-state index contributed by atoms with van der Waals surface area (Å²) in [5.74, 6) is 0.144. The molecule has 10 heteroatoms. The lowest BCUT2D eigenvalue weighted by atomic mass is 9.88. The highest BCUT2D eigenvalue weighted by Crippen LogP contribution is 2.38. The number of nitrogens with zero attached hydrogens (tertiary/aromatic N) is 3. The summed E-state index contributed by atoms with van der Waals surface area (Å²) in [6, 6.07) is 15.3. The third kappa shape index (κ3) is 6.65. The van der Waals surface area contributed by atoms with Crippen LogP contribution in [-0.4, -0.2) is 78.9 Å². The van der Waals surface area contributed by atoms with Crippen LogP contribution in [-0.2, 0) is 9.59 Å². The largest absolute Gasteiger partial charge is 0.493 e. The molecule has 0 aliphatic carbocycles. The molecular formula is C32H36N4O5S. The Hall–Kier alpha value is -4.18. The average Bonchev–Trinajstić information content (AvgIpc) is 3.59. The molecule has 0 unspecified atom stereocenters. The lowest BCUT2D eigenvalue weighted by Gasteiger charge is -2.25. The maximum absolute atomic E-state index is 13.5. The van der Waals surface area contributed by atoms with Gasteiger partial charge >= 0.3 is 0 Å². The van der Waals surface area contributed by atoms with E-state index in [0.29, 0.717) is 55.5 Å². The molecule has 3 heterocycles. The Balaban J connectivity index is 1.38. The van der Waals surface area contributed by atoms with Crippen molar-refractivity contribution in [1.29, 1.82) is 0 Å². The van der Waals surface area contributed by atoms with E-state index in [0.717, 1.165) is 21.8 Å². The van der Waals surface area contributed by atoms with E-state index in [1.807, 2.05) is 62.4 Å². The molecule has 9 nitrogen and oxygen atoms in total. The van der Waals surface area contributed by atoms with Gasteiger partial charge in [0.15, 0.2) is 11.5 Å². The fourth-order valence-electron chi connectivity index (χ4n) is 5.53. The summed E-state index contributed by atoms with van der Waals surface area (Å²) in [5.41, 5.74) is 2.55. The van der Waals surface area contributed by atoms with Crippen molar-refractivity contribution >= 4 is 35.1 Å². The van der Waals surface area contributed by atoms with Crippen LogP contribution in [0.4, 0.5) is 0 Å². The normalized spacial score (nSPS) is 19.5. The van der Waals surface area contributed by atoms with Gasteiger partial charge in [-0.2, -0.15) is 0 Å². The summed E-state index contributed by atoms with van der Waals surface area (Å²) in [7, 11) is 1.58. The minimum absolute atomic E-state index is 0.0885. The van der Waals surface area contributed by atoms with E-state index < -0.39 is 5.92 Å². The van der Waals surface area contributed by atoms with E-state index in [1.165, 1.54) is 11.3 Å². The third-order valence-electron chi connectivity index (χ3n) is 7.71. The van der Waals surface area contributed by atoms with Crippen molar-refractivity contribution in [1.82, 2.24) is 20.1 Å². The summed E-state index contributed by atoms with van der Waals surface area (Å²) in [6.45, 7) is 5.98. The molecule has 1 aromatic heterocycles. The predicted octanol–water partition coefficient (Wildman–Crippen LogP) is 4.07. The molecule has 0 saturated carbocycles. The Morgan fingerprint density at radius 2 is 1.86 bits per heavy atom. The molecule has 3 aromatic rings. The molecule has 1 fully saturated rings. The van der Waals surface area contributed by atoms with E-state index >= 15 is 0 Å². The van der Waals surface area contributed by atoms with Gasteiger partial charge in [-0.1, -0.05) is 36.4 Å². The molecule has 5 rings (SSSR count). The number of carbonyl (C=O) groups excluding carboxylic acids is 3. The highest BCUT2D eigenvalue weighted by Gasteiger charge is 2.40. The Morgan fingerprint density at radius 1 is 1.07 bits per heavy atom. The first-order valence-corrected chi connectivity index (χ1v) is 15.0. The van der Waals surface area contributed by atoms with Gasteiger partial charge in [-0.05, 0) is 49.6 Å². The third-order valence-corrected chi connectivity index (χ3v) is 8.77. The number of fused-ring (bicyclic) bond motifs is 4. The number of methoxy groups -OCH3 is 1. The number of hydrogen-bond donors (Lipinski definition) is 1. The minimum Gasteiger partial charge on any atom is -0.493 e. The molecule has 1 N–H and O–H groups in total. The van der Waals surface area contributed by atoms with Gasteiger partial charge in [-0.25, -0.2) is 4.98 Å². The summed E-state index contributed by atoms with van der Waals surface area (Å²) >= 11 is 1.39. The zero-order chi connectivity index (χ0) is 29.6. The van der Waals surface area contributed by atoms with Gasteiger partial charge in [-0.15, -0.1) is 11.3 Å². The fraction of sp³-hybridized carbons (Fsp3) is 0.375. The van der Waals surface area contributed by atoms with Gasteiger partial charge < -0.3 is 24.6 Å². The van der Waals surface area contributed by atoms with E-state index in [1.54, 1.807) is 29.1 Å². The number of benzene rings is 2. The Labute approximate surface area is 250 Å². The van der Waals surface area contributed by atoms with E-state index in [2.05, 4.69) is 10.3 Å². The van der Waals surface area contributed by atoms with Crippen LogP contribution in [0.15, 0.2) is 54.6 Å². The molecule has 1 saturated heterocycles. The molecule has 3 amide bonds. The van der Waals surface area contributed by atoms with Gasteiger partial charge in [0.25, 0.3) is 5.91 Å². The van der Waals surface area contributed by atoms with Crippen LogP contribution in [0.5, 0.6) is 11.5 Å². The number of amides is 3. The summed E-state index contributed by atoms with van der Waals surface area (Å²) in [6.07, 6.45) is 3.94. The molecule has 220 valence electrons. The van der Waals surface area contributed by atoms with Crippen molar-refractivity contribution in [3.05, 3.63) is 81.3 Å². The second kappa shape index (κ2) is 13.2. The predicted molar refractivity (Wildman–Crippen MR) is 162 cm³/mol. The lowest BCUT2D eigenvalue weighted by Crippen LogP contribution is -2.39. The summed E-state index contributed by atoms with van der Waals surface area (Å²) in [4.78, 5) is 48.6. The molecule has 2 aromatic carbocycles. The monoisotopic (exact) mass is 588 g/mol. The first-order chi connectivity index (χ1) is 20.3. The SMILES string of the molecule is COc1ccc2cc1OCCN(C(=O)c1sc(C)nc1C)CCCNC(=O)[C@H]1CN(C(=O)/C=C/c3ccccc3)C[C@H]21. The van der Waals surface area contributed by atoms with Crippen molar-refractivity contribution in [3.63, 3.8) is 0 Å². The van der Waals surface area contributed by atoms with Crippen LogP contribution >= 0.6 is 11.3 Å². The number of carbonyl (C=O) groups is 3. The van der Waals surface area contributed by atoms with Gasteiger partial charge in [0.05, 0.1) is 30.3 Å². The molecule has 0 spiro atoms. The number of aryl methyl sites for hydroxylation is 2. The van der Waals surface area contributed by atoms with Gasteiger partial charge in [-0.3, -0.25) is 14.4 Å². The maximum atomic E-state index is 13.5. The molecule has 2 bridgehead atoms. The Kier molecular flexibility index (Phi) is 9.22. The van der Waals surface area contributed by atoms with E-state index in [9.17, 15) is 14.4 Å². The number of aromatic nitrogens is 1. The molecule has 2 atom stereocenters. The standard InChI is InChI=1S/C32H36N4O5S/c1-21-30(42-22(2)34-21)32(39)35-15-7-14-33-31(38)26-20-36(29(37)13-10-23-8-5-4-6-9-23)19-25(26)24-11-12-27(40-3)28(18-24)41-17-16-35/h4-6,8-13,18,25-26H,7,14-17,19-20H2,1-3H3,(H,33,38)/b13-10+/t25-,26+/m1/s1. The number of rotatable bonds is 4. The molecule has 2 aliphatic heterocycles. The van der Waals surface area contributed by atoms with Gasteiger partial charge in [0.2, 0.25) is 11.8 Å². The van der Waals surface area contributed by atoms with Crippen LogP contribution in [0.25, 0.3) is 6.08 Å². The number of nitrogens with one attached hydrogen (secondary N) is 1. The Morgan fingerprint density at radius 3 is 2.60 bits per heavy atom. The maximum Gasteiger partial charge on any atom is 0.265 e. The van der Waals surface area contributed by atoms with Gasteiger partial charge in [0, 0.05) is 38.2 Å². The quantitative estimate of drug-likeness (QED) is 0.462. The van der Waals surface area contributed by atoms with E-state index in [-0.39, 0.29) is 30.2 Å². The van der Waals surface area contributed by atoms with Crippen LogP contribution < -0.4 is 14.8 Å². The number of ether oxygens (including phenoxy) is 2. The highest BCUT2D eigenvalue weighted by molar-refractivity contribution is 7.13. The average molecular weight is 589 g/mol. The molecular weight excluding hydrogens is 552 g/mol. The topological polar surface area (TPSA) is 101 Å². The molecule has 42 heavy (non-hydrogen) atoms. The number of thiazole rings is 1. The van der Waals surface area contributed by atoms with Gasteiger partial charge in [0.1, 0.15) is 11.5 Å². The van der Waals surface area contributed by atoms with Crippen LogP contribution in [0.3, 0.4) is 0 Å². The van der Waals surface area contributed by atoms with Crippen molar-refractivity contribution in [2.45, 2.75) is 26.2 Å². The van der Waals surface area contributed by atoms with Crippen molar-refractivity contribution < 1.29 is 23.9 Å². The zero-order valence-corrected chi connectivity index (χ0v) is 25.0. The summed E-state index contributed by atoms with van der Waals surface area (Å²) < 4.78 is 11.7. The van der Waals surface area contributed by atoms with Crippen LogP contribution in [0.2, 0.25) is 0 Å². The zero-order valence-electron chi connectivity index (χ0n) is 24.2. The second-order valence-electron chi connectivity index (χ2n) is 10.5. The molecule has 2 aliphatic rings. The van der Waals surface area contributed by atoms with Crippen molar-refractivity contribution in [2.75, 3.05) is 46.4 Å². The Bertz CT molecular complexity index is 1470. The number of likely N-dealkylation sites (tertiary alicyclic amines) is 1. The van der Waals surface area contributed by atoms with E-state index in [4.69, 9.17) is 9.47 Å². The van der Waals surface area contributed by atoms with Crippen molar-refractivity contribution in [2.24, 2.45) is 5.92 Å². The first-order valence-electron chi connectivity index (χ1n) is 14.2. The minimum atomic E-state index is -0.427.